The van der Waals surface area contributed by atoms with Gasteiger partial charge in [0.1, 0.15) is 17.0 Å². The van der Waals surface area contributed by atoms with E-state index in [4.69, 9.17) is 25.7 Å². The van der Waals surface area contributed by atoms with Crippen LogP contribution in [0.1, 0.15) is 16.1 Å². The quantitative estimate of drug-likeness (QED) is 0.306. The Bertz CT molecular complexity index is 1400. The lowest BCUT2D eigenvalue weighted by atomic mass is 10.1. The molecule has 1 amide bonds. The number of carbonyl (C=O) groups excluding carboxylic acids is 1. The molecule has 0 fully saturated rings. The van der Waals surface area contributed by atoms with E-state index in [9.17, 15) is 4.79 Å². The van der Waals surface area contributed by atoms with Crippen LogP contribution in [0, 0.1) is 0 Å². The average Bonchev–Trinajstić information content (AvgIpc) is 3.47. The number of amides is 1. The summed E-state index contributed by atoms with van der Waals surface area (Å²) in [5.41, 5.74) is 1.20. The third-order valence-corrected chi connectivity index (χ3v) is 6.57. The number of carbonyl (C=O) groups is 1. The third-order valence-electron chi connectivity index (χ3n) is 5.03. The maximum Gasteiger partial charge on any atom is 0.260 e. The average molecular weight is 449 g/mol. The van der Waals surface area contributed by atoms with Gasteiger partial charge in [-0.3, -0.25) is 9.69 Å². The number of anilines is 1. The van der Waals surface area contributed by atoms with Crippen molar-refractivity contribution in [2.45, 2.75) is 6.54 Å². The topological polar surface area (TPSA) is 55.6 Å². The van der Waals surface area contributed by atoms with E-state index in [2.05, 4.69) is 0 Å². The molecule has 7 heteroatoms. The van der Waals surface area contributed by atoms with Crippen LogP contribution in [0.3, 0.4) is 0 Å². The molecule has 0 bridgehead atoms. The summed E-state index contributed by atoms with van der Waals surface area (Å²) in [6.07, 6.45) is 1.59. The van der Waals surface area contributed by atoms with Gasteiger partial charge >= 0.3 is 0 Å². The van der Waals surface area contributed by atoms with Crippen molar-refractivity contribution in [2.75, 3.05) is 12.0 Å². The second-order valence-electron chi connectivity index (χ2n) is 6.96. The van der Waals surface area contributed by atoms with Gasteiger partial charge in [0, 0.05) is 5.56 Å². The summed E-state index contributed by atoms with van der Waals surface area (Å²) in [5, 5.41) is 3.17. The summed E-state index contributed by atoms with van der Waals surface area (Å²) in [5.74, 6) is 1.10. The standard InChI is InChI=1S/C24H17ClN2O3S/c1-29-20-11-10-19(25)22-21(20)26-24(31-22)27(14-18-7-4-12-30-18)23(28)17-9-8-15-5-2-3-6-16(15)13-17/h2-13H,14H2,1H3. The molecular formula is C24H17ClN2O3S. The van der Waals surface area contributed by atoms with Crippen molar-refractivity contribution in [3.63, 3.8) is 0 Å². The van der Waals surface area contributed by atoms with Crippen molar-refractivity contribution in [2.24, 2.45) is 0 Å². The summed E-state index contributed by atoms with van der Waals surface area (Å²) in [6.45, 7) is 0.248. The number of hydrogen-bond acceptors (Lipinski definition) is 5. The molecule has 0 aliphatic carbocycles. The van der Waals surface area contributed by atoms with Crippen LogP contribution in [-0.4, -0.2) is 18.0 Å². The second-order valence-corrected chi connectivity index (χ2v) is 8.34. The minimum absolute atomic E-state index is 0.170. The maximum absolute atomic E-state index is 13.6. The van der Waals surface area contributed by atoms with Gasteiger partial charge in [0.2, 0.25) is 0 Å². The number of thiazole rings is 1. The lowest BCUT2D eigenvalue weighted by molar-refractivity contribution is 0.0983. The molecule has 0 saturated heterocycles. The van der Waals surface area contributed by atoms with Gasteiger partial charge in [-0.25, -0.2) is 4.98 Å². The van der Waals surface area contributed by atoms with Gasteiger partial charge in [-0.1, -0.05) is 53.3 Å². The van der Waals surface area contributed by atoms with Crippen molar-refractivity contribution in [1.82, 2.24) is 4.98 Å². The number of furan rings is 1. The zero-order valence-electron chi connectivity index (χ0n) is 16.5. The number of aromatic nitrogens is 1. The number of fused-ring (bicyclic) bond motifs is 2. The van der Waals surface area contributed by atoms with Crippen LogP contribution >= 0.6 is 22.9 Å². The molecule has 2 aromatic heterocycles. The summed E-state index contributed by atoms with van der Waals surface area (Å²) >= 11 is 7.75. The summed E-state index contributed by atoms with van der Waals surface area (Å²) in [7, 11) is 1.59. The van der Waals surface area contributed by atoms with Crippen LogP contribution in [0.5, 0.6) is 5.75 Å². The third kappa shape index (κ3) is 3.65. The zero-order chi connectivity index (χ0) is 21.4. The summed E-state index contributed by atoms with van der Waals surface area (Å²) < 4.78 is 11.7. The minimum atomic E-state index is -0.170. The number of halogens is 1. The Kier molecular flexibility index (Phi) is 5.10. The number of ether oxygens (including phenoxy) is 1. The van der Waals surface area contributed by atoms with Crippen molar-refractivity contribution in [3.05, 3.63) is 89.3 Å². The number of nitrogens with zero attached hydrogens (tertiary/aromatic N) is 2. The van der Waals surface area contributed by atoms with Gasteiger partial charge in [0.05, 0.1) is 29.6 Å². The Morgan fingerprint density at radius 3 is 2.71 bits per heavy atom. The molecule has 0 unspecified atom stereocenters. The lowest BCUT2D eigenvalue weighted by Gasteiger charge is -2.19. The van der Waals surface area contributed by atoms with Crippen LogP contribution in [-0.2, 0) is 6.54 Å². The Balaban J connectivity index is 1.62. The van der Waals surface area contributed by atoms with Gasteiger partial charge in [0.25, 0.3) is 5.91 Å². The van der Waals surface area contributed by atoms with E-state index in [-0.39, 0.29) is 12.5 Å². The highest BCUT2D eigenvalue weighted by molar-refractivity contribution is 7.23. The Morgan fingerprint density at radius 1 is 1.10 bits per heavy atom. The minimum Gasteiger partial charge on any atom is -0.494 e. The molecule has 0 radical (unpaired) electrons. The molecule has 0 spiro atoms. The van der Waals surface area contributed by atoms with Crippen molar-refractivity contribution < 1.29 is 13.9 Å². The van der Waals surface area contributed by atoms with Gasteiger partial charge < -0.3 is 9.15 Å². The molecule has 0 saturated carbocycles. The molecule has 31 heavy (non-hydrogen) atoms. The number of methoxy groups -OCH3 is 1. The van der Waals surface area contributed by atoms with E-state index in [0.29, 0.717) is 32.7 Å². The highest BCUT2D eigenvalue weighted by Crippen LogP contribution is 2.39. The van der Waals surface area contributed by atoms with Crippen LogP contribution in [0.2, 0.25) is 5.02 Å². The first-order valence-corrected chi connectivity index (χ1v) is 10.8. The van der Waals surface area contributed by atoms with E-state index in [0.717, 1.165) is 15.5 Å². The fraction of sp³-hybridized carbons (Fsp3) is 0.0833. The van der Waals surface area contributed by atoms with Crippen molar-refractivity contribution in [1.29, 1.82) is 0 Å². The normalized spacial score (nSPS) is 11.2. The molecule has 0 atom stereocenters. The molecule has 3 aromatic carbocycles. The van der Waals surface area contributed by atoms with E-state index >= 15 is 0 Å². The molecule has 5 nitrogen and oxygen atoms in total. The largest absolute Gasteiger partial charge is 0.494 e. The molecule has 0 N–H and O–H groups in total. The van der Waals surface area contributed by atoms with Crippen molar-refractivity contribution >= 4 is 55.0 Å². The Hall–Kier alpha value is -3.35. The first kappa shape index (κ1) is 19.6. The second kappa shape index (κ2) is 8.06. The van der Waals surface area contributed by atoms with Gasteiger partial charge in [0.15, 0.2) is 5.13 Å². The Morgan fingerprint density at radius 2 is 1.94 bits per heavy atom. The SMILES string of the molecule is COc1ccc(Cl)c2sc(N(Cc3ccco3)C(=O)c3ccc4ccccc4c3)nc12. The lowest BCUT2D eigenvalue weighted by Crippen LogP contribution is -2.30. The monoisotopic (exact) mass is 448 g/mol. The van der Waals surface area contributed by atoms with E-state index in [1.54, 1.807) is 36.5 Å². The van der Waals surface area contributed by atoms with Crippen LogP contribution in [0.4, 0.5) is 5.13 Å². The van der Waals surface area contributed by atoms with Gasteiger partial charge in [-0.15, -0.1) is 0 Å². The molecule has 5 rings (SSSR count). The van der Waals surface area contributed by atoms with E-state index in [1.165, 1.54) is 11.3 Å². The summed E-state index contributed by atoms with van der Waals surface area (Å²) in [4.78, 5) is 19.9. The fourth-order valence-corrected chi connectivity index (χ4v) is 4.74. The fourth-order valence-electron chi connectivity index (χ4n) is 3.48. The first-order valence-electron chi connectivity index (χ1n) is 9.60. The van der Waals surface area contributed by atoms with Crippen molar-refractivity contribution in [3.8, 4) is 5.75 Å². The highest BCUT2D eigenvalue weighted by atomic mass is 35.5. The number of rotatable bonds is 5. The molecule has 2 heterocycles. The molecule has 5 aromatic rings. The molecule has 0 aliphatic rings. The van der Waals surface area contributed by atoms with Gasteiger partial charge in [-0.2, -0.15) is 0 Å². The maximum atomic E-state index is 13.6. The molecular weight excluding hydrogens is 432 g/mol. The van der Waals surface area contributed by atoms with E-state index < -0.39 is 0 Å². The Labute approximate surface area is 187 Å². The predicted octanol–water partition coefficient (Wildman–Crippen LogP) is 6.55. The van der Waals surface area contributed by atoms with Crippen LogP contribution in [0.15, 0.2) is 77.4 Å². The number of hydrogen-bond donors (Lipinski definition) is 0. The smallest absolute Gasteiger partial charge is 0.260 e. The highest BCUT2D eigenvalue weighted by Gasteiger charge is 2.24. The molecule has 0 aliphatic heterocycles. The summed E-state index contributed by atoms with van der Waals surface area (Å²) in [6, 6.07) is 20.8. The van der Waals surface area contributed by atoms with Crippen LogP contribution in [0.25, 0.3) is 21.0 Å². The molecule has 154 valence electrons. The van der Waals surface area contributed by atoms with Gasteiger partial charge in [-0.05, 0) is 47.2 Å². The predicted molar refractivity (Wildman–Crippen MR) is 124 cm³/mol. The van der Waals surface area contributed by atoms with Crippen LogP contribution < -0.4 is 9.64 Å². The number of benzene rings is 3. The first-order chi connectivity index (χ1) is 15.1. The zero-order valence-corrected chi connectivity index (χ0v) is 18.1. The van der Waals surface area contributed by atoms with E-state index in [1.807, 2.05) is 48.5 Å².